The van der Waals surface area contributed by atoms with Crippen molar-refractivity contribution in [2.45, 2.75) is 17.3 Å². The van der Waals surface area contributed by atoms with Gasteiger partial charge in [-0.2, -0.15) is 4.68 Å². The van der Waals surface area contributed by atoms with Gasteiger partial charge in [0.1, 0.15) is 5.75 Å². The minimum absolute atomic E-state index is 0.0718. The maximum absolute atomic E-state index is 13.3. The third-order valence-electron chi connectivity index (χ3n) is 3.39. The number of phenols is 1. The Bertz CT molecular complexity index is 915. The van der Waals surface area contributed by atoms with Crippen LogP contribution in [0.2, 0.25) is 0 Å². The normalized spacial score (nSPS) is 12.1. The van der Waals surface area contributed by atoms with Crippen LogP contribution in [-0.4, -0.2) is 36.3 Å². The van der Waals surface area contributed by atoms with Crippen LogP contribution in [0.3, 0.4) is 0 Å². The number of benzene rings is 2. The highest BCUT2D eigenvalue weighted by atomic mass is 32.2. The van der Waals surface area contributed by atoms with Crippen molar-refractivity contribution in [1.29, 1.82) is 0 Å². The summed E-state index contributed by atoms with van der Waals surface area (Å²) >= 11 is 1.09. The number of aromatic hydroxyl groups is 1. The predicted octanol–water partition coefficient (Wildman–Crippen LogP) is 3.01. The zero-order valence-corrected chi connectivity index (χ0v) is 13.7. The number of Topliss-reactive ketones (excluding diaryl/α,β-unsaturated/α-hetero) is 1. The predicted molar refractivity (Wildman–Crippen MR) is 86.8 cm³/mol. The van der Waals surface area contributed by atoms with Gasteiger partial charge in [0.25, 0.3) is 0 Å². The zero-order chi connectivity index (χ0) is 18.0. The maximum atomic E-state index is 13.3. The van der Waals surface area contributed by atoms with E-state index in [4.69, 9.17) is 0 Å². The number of nitrogens with zero attached hydrogens (tertiary/aromatic N) is 4. The number of ketones is 1. The average molecular weight is 362 g/mol. The van der Waals surface area contributed by atoms with E-state index in [9.17, 15) is 18.7 Å². The van der Waals surface area contributed by atoms with Crippen LogP contribution in [0.5, 0.6) is 5.75 Å². The molecule has 0 spiro atoms. The summed E-state index contributed by atoms with van der Waals surface area (Å²) in [5.41, 5.74) is 0.681. The molecule has 0 bridgehead atoms. The first-order chi connectivity index (χ1) is 12.0. The fourth-order valence-electron chi connectivity index (χ4n) is 2.10. The van der Waals surface area contributed by atoms with Gasteiger partial charge in [-0.3, -0.25) is 4.79 Å². The number of tetrazole rings is 1. The second-order valence-electron chi connectivity index (χ2n) is 5.14. The lowest BCUT2D eigenvalue weighted by molar-refractivity contribution is 0.0993. The molecule has 0 saturated carbocycles. The highest BCUT2D eigenvalue weighted by Crippen LogP contribution is 2.26. The lowest BCUT2D eigenvalue weighted by Gasteiger charge is -2.10. The fourth-order valence-corrected chi connectivity index (χ4v) is 2.99. The molecule has 3 aromatic rings. The maximum Gasteiger partial charge on any atom is 0.214 e. The van der Waals surface area contributed by atoms with Gasteiger partial charge in [-0.15, -0.1) is 5.10 Å². The van der Waals surface area contributed by atoms with Crippen molar-refractivity contribution in [2.24, 2.45) is 0 Å². The zero-order valence-electron chi connectivity index (χ0n) is 12.9. The molecule has 9 heteroatoms. The molecule has 1 atom stereocenters. The summed E-state index contributed by atoms with van der Waals surface area (Å²) in [4.78, 5) is 12.4. The van der Waals surface area contributed by atoms with E-state index < -0.39 is 16.9 Å². The molecule has 1 heterocycles. The molecule has 0 aliphatic carbocycles. The summed E-state index contributed by atoms with van der Waals surface area (Å²) in [6, 6.07) is 9.25. The van der Waals surface area contributed by atoms with Gasteiger partial charge < -0.3 is 5.11 Å². The van der Waals surface area contributed by atoms with Gasteiger partial charge in [-0.05, 0) is 59.8 Å². The first kappa shape index (κ1) is 17.0. The lowest BCUT2D eigenvalue weighted by atomic mass is 10.1. The molecule has 1 N–H and O–H groups in total. The van der Waals surface area contributed by atoms with Crippen molar-refractivity contribution < 1.29 is 18.7 Å². The number of halogens is 2. The van der Waals surface area contributed by atoms with Crippen LogP contribution in [0, 0.1) is 11.6 Å². The SMILES string of the molecule is CC(Sc1nnnn1-c1ccc(O)cc1)C(=O)c1ccc(F)c(F)c1. The van der Waals surface area contributed by atoms with E-state index in [2.05, 4.69) is 15.5 Å². The molecule has 0 aliphatic heterocycles. The molecule has 3 rings (SSSR count). The Hall–Kier alpha value is -2.81. The van der Waals surface area contributed by atoms with Crippen LogP contribution in [-0.2, 0) is 0 Å². The van der Waals surface area contributed by atoms with Crippen LogP contribution >= 0.6 is 11.8 Å². The lowest BCUT2D eigenvalue weighted by Crippen LogP contribution is -2.15. The molecular formula is C16H12F2N4O2S. The van der Waals surface area contributed by atoms with Gasteiger partial charge in [0, 0.05) is 5.56 Å². The van der Waals surface area contributed by atoms with Crippen LogP contribution in [0.15, 0.2) is 47.6 Å². The Labute approximate surface area is 145 Å². The quantitative estimate of drug-likeness (QED) is 0.555. The number of carbonyl (C=O) groups is 1. The molecule has 128 valence electrons. The van der Waals surface area contributed by atoms with Gasteiger partial charge in [0.15, 0.2) is 17.4 Å². The monoisotopic (exact) mass is 362 g/mol. The van der Waals surface area contributed by atoms with Crippen LogP contribution < -0.4 is 0 Å². The Kier molecular flexibility index (Phi) is 4.75. The first-order valence-corrected chi connectivity index (χ1v) is 8.07. The van der Waals surface area contributed by atoms with E-state index in [1.54, 1.807) is 19.1 Å². The van der Waals surface area contributed by atoms with Crippen LogP contribution in [0.1, 0.15) is 17.3 Å². The smallest absolute Gasteiger partial charge is 0.214 e. The summed E-state index contributed by atoms with van der Waals surface area (Å²) in [6.45, 7) is 1.63. The minimum Gasteiger partial charge on any atom is -0.508 e. The van der Waals surface area contributed by atoms with E-state index in [1.165, 1.54) is 22.9 Å². The molecule has 25 heavy (non-hydrogen) atoms. The largest absolute Gasteiger partial charge is 0.508 e. The van der Waals surface area contributed by atoms with Gasteiger partial charge in [0.05, 0.1) is 10.9 Å². The summed E-state index contributed by atoms with van der Waals surface area (Å²) in [6.07, 6.45) is 0. The van der Waals surface area contributed by atoms with E-state index in [1.807, 2.05) is 0 Å². The Morgan fingerprint density at radius 1 is 1.16 bits per heavy atom. The number of aromatic nitrogens is 4. The summed E-state index contributed by atoms with van der Waals surface area (Å²) in [5.74, 6) is -2.35. The molecule has 6 nitrogen and oxygen atoms in total. The Morgan fingerprint density at radius 3 is 2.56 bits per heavy atom. The molecule has 0 fully saturated rings. The van der Waals surface area contributed by atoms with Crippen molar-refractivity contribution in [3.8, 4) is 11.4 Å². The first-order valence-electron chi connectivity index (χ1n) is 7.19. The number of hydrogen-bond acceptors (Lipinski definition) is 6. The Morgan fingerprint density at radius 2 is 1.88 bits per heavy atom. The van der Waals surface area contributed by atoms with Crippen molar-refractivity contribution in [2.75, 3.05) is 0 Å². The second-order valence-corrected chi connectivity index (χ2v) is 6.45. The fraction of sp³-hybridized carbons (Fsp3) is 0.125. The molecule has 2 aromatic carbocycles. The minimum atomic E-state index is -1.07. The van der Waals surface area contributed by atoms with Gasteiger partial charge in [-0.25, -0.2) is 8.78 Å². The molecule has 1 aromatic heterocycles. The summed E-state index contributed by atoms with van der Waals surface area (Å²) in [5, 5.41) is 20.4. The highest BCUT2D eigenvalue weighted by Gasteiger charge is 2.21. The highest BCUT2D eigenvalue weighted by molar-refractivity contribution is 8.00. The van der Waals surface area contributed by atoms with Gasteiger partial charge >= 0.3 is 0 Å². The second kappa shape index (κ2) is 6.98. The molecule has 1 unspecified atom stereocenters. The van der Waals surface area contributed by atoms with Crippen molar-refractivity contribution in [3.05, 3.63) is 59.7 Å². The third-order valence-corrected chi connectivity index (χ3v) is 4.42. The molecule has 0 amide bonds. The number of thioether (sulfide) groups is 1. The number of rotatable bonds is 5. The molecular weight excluding hydrogens is 350 g/mol. The van der Waals surface area contributed by atoms with E-state index >= 15 is 0 Å². The van der Waals surface area contributed by atoms with Crippen molar-refractivity contribution in [3.63, 3.8) is 0 Å². The average Bonchev–Trinajstić information content (AvgIpc) is 3.05. The van der Waals surface area contributed by atoms with Crippen LogP contribution in [0.4, 0.5) is 8.78 Å². The molecule has 0 saturated heterocycles. The topological polar surface area (TPSA) is 80.9 Å². The van der Waals surface area contributed by atoms with Gasteiger partial charge in [0.2, 0.25) is 5.16 Å². The molecule has 0 radical (unpaired) electrons. The number of carbonyl (C=O) groups excluding carboxylic acids is 1. The molecule has 0 aliphatic rings. The van der Waals surface area contributed by atoms with Crippen molar-refractivity contribution in [1.82, 2.24) is 20.2 Å². The van der Waals surface area contributed by atoms with Crippen molar-refractivity contribution >= 4 is 17.5 Å². The summed E-state index contributed by atoms with van der Waals surface area (Å²) < 4.78 is 27.7. The van der Waals surface area contributed by atoms with Crippen LogP contribution in [0.25, 0.3) is 5.69 Å². The van der Waals surface area contributed by atoms with E-state index in [-0.39, 0.29) is 17.1 Å². The van der Waals surface area contributed by atoms with E-state index in [0.29, 0.717) is 10.8 Å². The van der Waals surface area contributed by atoms with E-state index in [0.717, 1.165) is 23.9 Å². The van der Waals surface area contributed by atoms with Gasteiger partial charge in [-0.1, -0.05) is 11.8 Å². The Balaban J connectivity index is 1.80. The standard InChI is InChI=1S/C16H12F2N4O2S/c1-9(15(24)10-2-7-13(17)14(18)8-10)25-16-19-20-21-22(16)11-3-5-12(23)6-4-11/h2-9,23H,1H3. The third kappa shape index (κ3) is 3.66. The summed E-state index contributed by atoms with van der Waals surface area (Å²) in [7, 11) is 0. The number of phenolic OH excluding ortho intramolecular Hbond substituents is 1. The number of hydrogen-bond donors (Lipinski definition) is 1.